The van der Waals surface area contributed by atoms with E-state index in [2.05, 4.69) is 4.72 Å². The molecule has 0 saturated carbocycles. The van der Waals surface area contributed by atoms with Gasteiger partial charge < -0.3 is 12.2 Å². The molecule has 0 amide bonds. The minimum absolute atomic E-state index is 0. The molecular formula is C11H23NNiO2S. The smallest absolute Gasteiger partial charge is 0.540 e. The maximum atomic E-state index is 11.7. The number of rotatable bonds is 3. The largest absolute Gasteiger partial charge is 2.00 e. The van der Waals surface area contributed by atoms with Crippen LogP contribution in [0.5, 0.6) is 0 Å². The van der Waals surface area contributed by atoms with Crippen molar-refractivity contribution >= 4 is 17.3 Å². The van der Waals surface area contributed by atoms with Gasteiger partial charge >= 0.3 is 16.5 Å². The Morgan fingerprint density at radius 3 is 1.69 bits per heavy atom. The first-order valence-corrected chi connectivity index (χ1v) is 5.79. The zero-order valence-corrected chi connectivity index (χ0v) is 12.9. The summed E-state index contributed by atoms with van der Waals surface area (Å²) in [6.07, 6.45) is 1.89. The maximum absolute atomic E-state index is 11.7. The Kier molecular flexibility index (Phi) is 10.2. The van der Waals surface area contributed by atoms with Crippen LogP contribution in [0.3, 0.4) is 0 Å². The van der Waals surface area contributed by atoms with Gasteiger partial charge in [-0.05, 0) is 26.2 Å². The van der Waals surface area contributed by atoms with E-state index >= 15 is 0 Å². The Morgan fingerprint density at radius 1 is 1.12 bits per heavy atom. The number of carbonyl (C=O) groups excluding carboxylic acids is 1. The van der Waals surface area contributed by atoms with Gasteiger partial charge in [-0.1, -0.05) is 26.8 Å². The molecule has 0 aliphatic rings. The molecule has 0 aromatic heterocycles. The van der Waals surface area contributed by atoms with E-state index in [0.717, 1.165) is 0 Å². The normalized spacial score (nSPS) is 15.4. The molecule has 0 bridgehead atoms. The molecule has 0 aliphatic carbocycles. The van der Waals surface area contributed by atoms with Crippen molar-refractivity contribution in [1.82, 2.24) is 4.72 Å². The number of hydrogen-bond donors (Lipinski definition) is 1. The summed E-state index contributed by atoms with van der Waals surface area (Å²) in [6, 6.07) is -0.498. The summed E-state index contributed by atoms with van der Waals surface area (Å²) in [7, 11) is -1.23. The van der Waals surface area contributed by atoms with E-state index in [4.69, 9.17) is 0 Å². The van der Waals surface area contributed by atoms with Gasteiger partial charge in [0.2, 0.25) is 0 Å². The fraction of sp³-hybridized carbons (Fsp3) is 0.818. The Labute approximate surface area is 113 Å². The maximum Gasteiger partial charge on any atom is 2.00 e. The molecule has 1 N–H and O–H groups in total. The van der Waals surface area contributed by atoms with E-state index in [0.29, 0.717) is 0 Å². The quantitative estimate of drug-likeness (QED) is 0.639. The molecule has 0 rings (SSSR count). The molecule has 0 radical (unpaired) electrons. The minimum atomic E-state index is -1.23. The molecule has 16 heavy (non-hydrogen) atoms. The molecule has 3 nitrogen and oxygen atoms in total. The first-order chi connectivity index (χ1) is 6.09. The van der Waals surface area contributed by atoms with Crippen molar-refractivity contribution in [1.29, 1.82) is 0 Å². The third-order valence-electron chi connectivity index (χ3n) is 1.76. The second-order valence-electron chi connectivity index (χ2n) is 5.42. The summed E-state index contributed by atoms with van der Waals surface area (Å²) >= 11 is 0. The van der Waals surface area contributed by atoms with Crippen LogP contribution in [0.15, 0.2) is 0 Å². The Bertz CT molecular complexity index is 231. The van der Waals surface area contributed by atoms with Crippen LogP contribution in [-0.4, -0.2) is 21.3 Å². The van der Waals surface area contributed by atoms with E-state index in [1.54, 1.807) is 0 Å². The molecule has 1 unspecified atom stereocenters. The van der Waals surface area contributed by atoms with Crippen LogP contribution in [0.2, 0.25) is 0 Å². The third kappa shape index (κ3) is 7.53. The van der Waals surface area contributed by atoms with Gasteiger partial charge in [0, 0.05) is 0 Å². The molecule has 100 valence electrons. The van der Waals surface area contributed by atoms with Gasteiger partial charge in [-0.15, -0.1) is 0 Å². The van der Waals surface area contributed by atoms with Gasteiger partial charge in [0.1, 0.15) is 0 Å². The number of nitrogens with one attached hydrogen (secondary N) is 1. The molecule has 0 aromatic rings. The van der Waals surface area contributed by atoms with Crippen molar-refractivity contribution in [3.63, 3.8) is 0 Å². The van der Waals surface area contributed by atoms with Crippen LogP contribution in [0.1, 0.15) is 41.5 Å². The molecule has 0 saturated heterocycles. The fourth-order valence-corrected chi connectivity index (χ4v) is 1.63. The Balaban J connectivity index is -0.000000845. The van der Waals surface area contributed by atoms with Crippen molar-refractivity contribution in [3.05, 3.63) is 7.43 Å². The monoisotopic (exact) mass is 291 g/mol. The molecule has 5 heteroatoms. The standard InChI is InChI=1S/C10H20NO2S.CH3.Ni/c1-9(2,3)8(7-12)11-14(13)10(4,5)6;;/h8,11H,1-6H3;1H3;/q2*-1;+2/t8-,14?;;/m0../s1. The summed E-state index contributed by atoms with van der Waals surface area (Å²) in [4.78, 5) is 10.7. The summed E-state index contributed by atoms with van der Waals surface area (Å²) in [5.41, 5.74) is -0.261. The predicted molar refractivity (Wildman–Crippen MR) is 66.4 cm³/mol. The molecule has 2 atom stereocenters. The van der Waals surface area contributed by atoms with Crippen molar-refractivity contribution < 1.29 is 25.5 Å². The van der Waals surface area contributed by atoms with E-state index in [9.17, 15) is 9.00 Å². The number of hydrogen-bond acceptors (Lipinski definition) is 2. The van der Waals surface area contributed by atoms with Gasteiger partial charge in [-0.3, -0.25) is 4.72 Å². The molecule has 0 aromatic carbocycles. The SMILES string of the molecule is CC(C)(C)[C@H]([C-]=O)NS(=O)C(C)(C)C.[CH3-].[Ni+2]. The zero-order chi connectivity index (χ0) is 11.6. The van der Waals surface area contributed by atoms with Crippen LogP contribution < -0.4 is 4.72 Å². The van der Waals surface area contributed by atoms with Gasteiger partial charge in [0.15, 0.2) is 0 Å². The molecular weight excluding hydrogens is 269 g/mol. The Morgan fingerprint density at radius 2 is 1.50 bits per heavy atom. The van der Waals surface area contributed by atoms with Crippen molar-refractivity contribution in [2.24, 2.45) is 5.41 Å². The summed E-state index contributed by atoms with van der Waals surface area (Å²) in [5.74, 6) is 0. The van der Waals surface area contributed by atoms with E-state index in [-0.39, 0.29) is 34.1 Å². The fourth-order valence-electron chi connectivity index (χ4n) is 0.661. The second-order valence-corrected chi connectivity index (χ2v) is 7.41. The summed E-state index contributed by atoms with van der Waals surface area (Å²) in [6.45, 7) is 11.3. The van der Waals surface area contributed by atoms with E-state index in [1.165, 1.54) is 0 Å². The molecule has 0 spiro atoms. The van der Waals surface area contributed by atoms with Crippen molar-refractivity contribution in [2.45, 2.75) is 52.3 Å². The molecule has 0 heterocycles. The zero-order valence-electron chi connectivity index (χ0n) is 11.1. The van der Waals surface area contributed by atoms with Crippen LogP contribution >= 0.6 is 0 Å². The minimum Gasteiger partial charge on any atom is -0.540 e. The Hall–Kier alpha value is 0.274. The predicted octanol–water partition coefficient (Wildman–Crippen LogP) is 2.01. The topological polar surface area (TPSA) is 46.2 Å². The second kappa shape index (κ2) is 7.57. The molecule has 0 fully saturated rings. The van der Waals surface area contributed by atoms with Gasteiger partial charge in [-0.25, -0.2) is 10.5 Å². The van der Waals surface area contributed by atoms with Crippen molar-refractivity contribution in [3.8, 4) is 0 Å². The third-order valence-corrected chi connectivity index (χ3v) is 3.33. The van der Waals surface area contributed by atoms with Crippen LogP contribution in [0.4, 0.5) is 0 Å². The van der Waals surface area contributed by atoms with E-state index in [1.807, 2.05) is 47.8 Å². The molecule has 0 aliphatic heterocycles. The van der Waals surface area contributed by atoms with Crippen molar-refractivity contribution in [2.75, 3.05) is 0 Å². The van der Waals surface area contributed by atoms with Crippen LogP contribution in [0.25, 0.3) is 0 Å². The van der Waals surface area contributed by atoms with Gasteiger partial charge in [-0.2, -0.15) is 0 Å². The first-order valence-electron chi connectivity index (χ1n) is 4.65. The van der Waals surface area contributed by atoms with Gasteiger partial charge in [0.25, 0.3) is 0 Å². The summed E-state index contributed by atoms with van der Waals surface area (Å²) < 4.78 is 14.1. The van der Waals surface area contributed by atoms with Gasteiger partial charge in [0.05, 0.1) is 15.7 Å². The first kappa shape index (κ1) is 21.5. The average Bonchev–Trinajstić information content (AvgIpc) is 1.95. The van der Waals surface area contributed by atoms with Crippen LogP contribution in [-0.2, 0) is 32.3 Å². The van der Waals surface area contributed by atoms with Crippen LogP contribution in [0, 0.1) is 12.8 Å². The average molecular weight is 292 g/mol. The summed E-state index contributed by atoms with van der Waals surface area (Å²) in [5, 5.41) is 0. The van der Waals surface area contributed by atoms with E-state index < -0.39 is 17.0 Å².